The quantitative estimate of drug-likeness (QED) is 0.914. The molecule has 5 nitrogen and oxygen atoms in total. The largest absolute Gasteiger partial charge is 0.347 e. The van der Waals surface area contributed by atoms with Crippen LogP contribution in [0.4, 0.5) is 0 Å². The molecule has 1 amide bonds. The number of hydrogen-bond donors (Lipinski definition) is 1. The average molecular weight is 276 g/mol. The van der Waals surface area contributed by atoms with Crippen molar-refractivity contribution in [3.05, 3.63) is 23.8 Å². The molecule has 20 heavy (non-hydrogen) atoms. The first kappa shape index (κ1) is 14.9. The lowest BCUT2D eigenvalue weighted by molar-refractivity contribution is 0.0800. The van der Waals surface area contributed by atoms with Crippen molar-refractivity contribution in [3.8, 4) is 0 Å². The number of piperidine rings is 1. The molecular weight excluding hydrogens is 252 g/mol. The Balaban J connectivity index is 2.00. The van der Waals surface area contributed by atoms with Crippen LogP contribution in [0.1, 0.15) is 49.7 Å². The topological polar surface area (TPSA) is 58.1 Å². The van der Waals surface area contributed by atoms with Gasteiger partial charge in [-0.1, -0.05) is 0 Å². The normalized spacial score (nSPS) is 19.1. The maximum Gasteiger partial charge on any atom is 0.255 e. The van der Waals surface area contributed by atoms with Crippen molar-refractivity contribution < 1.29 is 4.79 Å². The van der Waals surface area contributed by atoms with Crippen molar-refractivity contribution in [2.45, 2.75) is 52.1 Å². The molecule has 110 valence electrons. The Morgan fingerprint density at radius 1 is 1.40 bits per heavy atom. The standard InChI is InChI=1S/C15H24N4O/c1-11(2)19-7-5-15(4,6-8-19)18-14(20)13-9-16-10-17-12(13)3/h9-11H,5-8H2,1-4H3,(H,18,20). The fourth-order valence-electron chi connectivity index (χ4n) is 2.61. The van der Waals surface area contributed by atoms with E-state index in [2.05, 4.69) is 41.0 Å². The molecule has 5 heteroatoms. The summed E-state index contributed by atoms with van der Waals surface area (Å²) in [6, 6.07) is 0.569. The molecule has 0 bridgehead atoms. The summed E-state index contributed by atoms with van der Waals surface area (Å²) in [7, 11) is 0. The summed E-state index contributed by atoms with van der Waals surface area (Å²) >= 11 is 0. The highest BCUT2D eigenvalue weighted by Crippen LogP contribution is 2.23. The van der Waals surface area contributed by atoms with Crippen LogP contribution in [0.3, 0.4) is 0 Å². The van der Waals surface area contributed by atoms with Crippen LogP contribution in [0.15, 0.2) is 12.5 Å². The monoisotopic (exact) mass is 276 g/mol. The van der Waals surface area contributed by atoms with Gasteiger partial charge in [-0.05, 0) is 40.5 Å². The lowest BCUT2D eigenvalue weighted by Crippen LogP contribution is -2.54. The minimum Gasteiger partial charge on any atom is -0.347 e. The van der Waals surface area contributed by atoms with E-state index in [1.54, 1.807) is 6.20 Å². The van der Waals surface area contributed by atoms with E-state index in [0.717, 1.165) is 31.6 Å². The van der Waals surface area contributed by atoms with Gasteiger partial charge >= 0.3 is 0 Å². The zero-order valence-corrected chi connectivity index (χ0v) is 12.8. The van der Waals surface area contributed by atoms with Crippen LogP contribution in [0.25, 0.3) is 0 Å². The zero-order valence-electron chi connectivity index (χ0n) is 12.8. The maximum absolute atomic E-state index is 12.3. The van der Waals surface area contributed by atoms with Crippen LogP contribution in [0.5, 0.6) is 0 Å². The highest BCUT2D eigenvalue weighted by Gasteiger charge is 2.32. The van der Waals surface area contributed by atoms with Gasteiger partial charge in [0.25, 0.3) is 5.91 Å². The molecule has 0 unspecified atom stereocenters. The van der Waals surface area contributed by atoms with Crippen molar-refractivity contribution in [2.75, 3.05) is 13.1 Å². The molecule has 0 spiro atoms. The minimum atomic E-state index is -0.134. The molecule has 2 rings (SSSR count). The SMILES string of the molecule is Cc1ncncc1C(=O)NC1(C)CCN(C(C)C)CC1. The number of aromatic nitrogens is 2. The summed E-state index contributed by atoms with van der Waals surface area (Å²) in [5.74, 6) is -0.0661. The van der Waals surface area contributed by atoms with Crippen LogP contribution in [0.2, 0.25) is 0 Å². The zero-order chi connectivity index (χ0) is 14.8. The van der Waals surface area contributed by atoms with Gasteiger partial charge in [0.2, 0.25) is 0 Å². The molecule has 1 aromatic heterocycles. The Morgan fingerprint density at radius 2 is 2.05 bits per heavy atom. The highest BCUT2D eigenvalue weighted by molar-refractivity contribution is 5.95. The molecule has 1 aromatic rings. The van der Waals surface area contributed by atoms with E-state index in [-0.39, 0.29) is 11.4 Å². The number of nitrogens with one attached hydrogen (secondary N) is 1. The average Bonchev–Trinajstić information content (AvgIpc) is 2.39. The van der Waals surface area contributed by atoms with Gasteiger partial charge in [0.05, 0.1) is 11.3 Å². The summed E-state index contributed by atoms with van der Waals surface area (Å²) < 4.78 is 0. The maximum atomic E-state index is 12.3. The molecule has 1 aliphatic heterocycles. The van der Waals surface area contributed by atoms with Crippen LogP contribution in [-0.2, 0) is 0 Å². The first-order valence-corrected chi connectivity index (χ1v) is 7.24. The summed E-state index contributed by atoms with van der Waals surface area (Å²) in [6.45, 7) is 10.4. The van der Waals surface area contributed by atoms with E-state index in [1.165, 1.54) is 6.33 Å². The lowest BCUT2D eigenvalue weighted by Gasteiger charge is -2.41. The Labute approximate surface area is 120 Å². The van der Waals surface area contributed by atoms with E-state index in [4.69, 9.17) is 0 Å². The van der Waals surface area contributed by atoms with Crippen LogP contribution < -0.4 is 5.32 Å². The van der Waals surface area contributed by atoms with E-state index >= 15 is 0 Å². The molecule has 0 aliphatic carbocycles. The summed E-state index contributed by atoms with van der Waals surface area (Å²) in [6.07, 6.45) is 5.01. The number of amides is 1. The predicted octanol–water partition coefficient (Wildman–Crippen LogP) is 1.78. The number of hydrogen-bond acceptors (Lipinski definition) is 4. The summed E-state index contributed by atoms with van der Waals surface area (Å²) in [5, 5.41) is 3.17. The van der Waals surface area contributed by atoms with E-state index in [1.807, 2.05) is 6.92 Å². The number of rotatable bonds is 3. The minimum absolute atomic E-state index is 0.0661. The van der Waals surface area contributed by atoms with Gasteiger partial charge in [0, 0.05) is 30.9 Å². The third-order valence-electron chi connectivity index (χ3n) is 4.20. The van der Waals surface area contributed by atoms with Gasteiger partial charge in [0.1, 0.15) is 6.33 Å². The van der Waals surface area contributed by atoms with Gasteiger partial charge in [-0.3, -0.25) is 4.79 Å². The van der Waals surface area contributed by atoms with Crippen molar-refractivity contribution in [3.63, 3.8) is 0 Å². The molecule has 2 heterocycles. The molecule has 1 N–H and O–H groups in total. The highest BCUT2D eigenvalue weighted by atomic mass is 16.1. The van der Waals surface area contributed by atoms with Gasteiger partial charge in [-0.15, -0.1) is 0 Å². The second kappa shape index (κ2) is 5.87. The second-order valence-electron chi connectivity index (χ2n) is 6.17. The fourth-order valence-corrected chi connectivity index (χ4v) is 2.61. The third kappa shape index (κ3) is 3.33. The van der Waals surface area contributed by atoms with E-state index in [0.29, 0.717) is 11.6 Å². The van der Waals surface area contributed by atoms with Gasteiger partial charge in [0.15, 0.2) is 0 Å². The number of aryl methyl sites for hydroxylation is 1. The molecule has 0 radical (unpaired) electrons. The number of nitrogens with zero attached hydrogens (tertiary/aromatic N) is 3. The number of carbonyl (C=O) groups is 1. The van der Waals surface area contributed by atoms with Crippen LogP contribution in [-0.4, -0.2) is 45.4 Å². The fraction of sp³-hybridized carbons (Fsp3) is 0.667. The lowest BCUT2D eigenvalue weighted by atomic mass is 9.88. The summed E-state index contributed by atoms with van der Waals surface area (Å²) in [5.41, 5.74) is 1.16. The predicted molar refractivity (Wildman–Crippen MR) is 78.6 cm³/mol. The molecular formula is C15H24N4O. The van der Waals surface area contributed by atoms with Gasteiger partial charge in [-0.2, -0.15) is 0 Å². The van der Waals surface area contributed by atoms with Crippen LogP contribution >= 0.6 is 0 Å². The molecule has 1 aliphatic rings. The molecule has 1 saturated heterocycles. The third-order valence-corrected chi connectivity index (χ3v) is 4.20. The second-order valence-corrected chi connectivity index (χ2v) is 6.17. The molecule has 0 aromatic carbocycles. The van der Waals surface area contributed by atoms with Crippen molar-refractivity contribution in [2.24, 2.45) is 0 Å². The van der Waals surface area contributed by atoms with Gasteiger partial charge in [-0.25, -0.2) is 9.97 Å². The smallest absolute Gasteiger partial charge is 0.255 e. The molecule has 0 saturated carbocycles. The Hall–Kier alpha value is -1.49. The molecule has 0 atom stereocenters. The van der Waals surface area contributed by atoms with Crippen LogP contribution in [0, 0.1) is 6.92 Å². The van der Waals surface area contributed by atoms with Gasteiger partial charge < -0.3 is 10.2 Å². The Kier molecular flexibility index (Phi) is 4.38. The number of carbonyl (C=O) groups excluding carboxylic acids is 1. The van der Waals surface area contributed by atoms with E-state index in [9.17, 15) is 4.79 Å². The van der Waals surface area contributed by atoms with Crippen molar-refractivity contribution in [1.29, 1.82) is 0 Å². The van der Waals surface area contributed by atoms with Crippen molar-refractivity contribution in [1.82, 2.24) is 20.2 Å². The van der Waals surface area contributed by atoms with Crippen molar-refractivity contribution >= 4 is 5.91 Å². The first-order chi connectivity index (χ1) is 9.41. The number of likely N-dealkylation sites (tertiary alicyclic amines) is 1. The van der Waals surface area contributed by atoms with E-state index < -0.39 is 0 Å². The summed E-state index contributed by atoms with van der Waals surface area (Å²) in [4.78, 5) is 22.8. The molecule has 1 fully saturated rings. The Bertz CT molecular complexity index is 479. The first-order valence-electron chi connectivity index (χ1n) is 7.24. The Morgan fingerprint density at radius 3 is 2.60 bits per heavy atom.